The Hall–Kier alpha value is -1.21. The molecule has 0 bridgehead atoms. The van der Waals surface area contributed by atoms with Crippen molar-refractivity contribution in [2.24, 2.45) is 0 Å². The molecule has 2 aromatic rings. The van der Waals surface area contributed by atoms with E-state index in [0.29, 0.717) is 22.3 Å². The maximum absolute atomic E-state index is 12.9. The van der Waals surface area contributed by atoms with Crippen LogP contribution in [0, 0.1) is 10.1 Å². The number of hydrogen-bond acceptors (Lipinski definition) is 9. The highest BCUT2D eigenvalue weighted by Gasteiger charge is 2.28. The molecule has 28 heavy (non-hydrogen) atoms. The molecular formula is C16H20N4O4S4. The van der Waals surface area contributed by atoms with Crippen LogP contribution >= 0.6 is 34.9 Å². The van der Waals surface area contributed by atoms with Gasteiger partial charge in [0, 0.05) is 19.2 Å². The van der Waals surface area contributed by atoms with Gasteiger partial charge in [-0.25, -0.2) is 8.42 Å². The van der Waals surface area contributed by atoms with Crippen molar-refractivity contribution in [1.29, 1.82) is 0 Å². The minimum Gasteiger partial charge on any atom is -0.258 e. The zero-order valence-corrected chi connectivity index (χ0v) is 18.5. The van der Waals surface area contributed by atoms with Gasteiger partial charge in [-0.1, -0.05) is 54.6 Å². The Morgan fingerprint density at radius 3 is 2.50 bits per heavy atom. The van der Waals surface area contributed by atoms with E-state index in [1.807, 2.05) is 6.92 Å². The average molecular weight is 461 g/mol. The lowest BCUT2D eigenvalue weighted by Gasteiger charge is -2.20. The zero-order chi connectivity index (χ0) is 20.1. The molecule has 1 aliphatic heterocycles. The van der Waals surface area contributed by atoms with E-state index < -0.39 is 14.9 Å². The molecule has 0 unspecified atom stereocenters. The minimum atomic E-state index is -3.74. The quantitative estimate of drug-likeness (QED) is 0.342. The van der Waals surface area contributed by atoms with Crippen molar-refractivity contribution in [3.8, 4) is 0 Å². The fourth-order valence-corrected chi connectivity index (χ4v) is 7.33. The normalized spacial score (nSPS) is 16.0. The molecular weight excluding hydrogens is 440 g/mol. The first-order chi connectivity index (χ1) is 13.4. The summed E-state index contributed by atoms with van der Waals surface area (Å²) in [5, 5.41) is 19.7. The molecule has 1 aromatic carbocycles. The van der Waals surface area contributed by atoms with Gasteiger partial charge in [-0.3, -0.25) is 10.1 Å². The van der Waals surface area contributed by atoms with Gasteiger partial charge in [-0.15, -0.1) is 10.2 Å². The number of hydrogen-bond donors (Lipinski definition) is 0. The number of nitro benzene ring substituents is 1. The third kappa shape index (κ3) is 5.03. The third-order valence-electron chi connectivity index (χ3n) is 4.18. The van der Waals surface area contributed by atoms with Crippen molar-refractivity contribution < 1.29 is 13.3 Å². The van der Waals surface area contributed by atoms with E-state index in [0.717, 1.165) is 53.6 Å². The summed E-state index contributed by atoms with van der Waals surface area (Å²) >= 11 is 4.04. The van der Waals surface area contributed by atoms with Crippen LogP contribution in [0.25, 0.3) is 0 Å². The van der Waals surface area contributed by atoms with Gasteiger partial charge < -0.3 is 0 Å². The number of nitro groups is 1. The van der Waals surface area contributed by atoms with Crippen LogP contribution in [0.15, 0.2) is 36.7 Å². The SMILES string of the molecule is CCSc1nnc(Sc2ccc(S(=O)(=O)N3CCCCCC3)cc2[N+](=O)[O-])s1. The molecule has 152 valence electrons. The predicted molar refractivity (Wildman–Crippen MR) is 111 cm³/mol. The Labute approximate surface area is 176 Å². The fraction of sp³-hybridized carbons (Fsp3) is 0.500. The lowest BCUT2D eigenvalue weighted by molar-refractivity contribution is -0.388. The Bertz CT molecular complexity index is 940. The summed E-state index contributed by atoms with van der Waals surface area (Å²) in [6.07, 6.45) is 3.62. The largest absolute Gasteiger partial charge is 0.284 e. The predicted octanol–water partition coefficient (Wildman–Crippen LogP) is 4.27. The van der Waals surface area contributed by atoms with E-state index in [4.69, 9.17) is 0 Å². The molecule has 0 radical (unpaired) electrons. The first-order valence-electron chi connectivity index (χ1n) is 8.84. The van der Waals surface area contributed by atoms with Crippen molar-refractivity contribution in [1.82, 2.24) is 14.5 Å². The highest BCUT2D eigenvalue weighted by atomic mass is 32.2. The molecule has 2 heterocycles. The van der Waals surface area contributed by atoms with Crippen LogP contribution in [0.1, 0.15) is 32.6 Å². The Morgan fingerprint density at radius 1 is 1.18 bits per heavy atom. The first kappa shape index (κ1) is 21.5. The lowest BCUT2D eigenvalue weighted by Crippen LogP contribution is -2.31. The summed E-state index contributed by atoms with van der Waals surface area (Å²) in [6, 6.07) is 4.09. The van der Waals surface area contributed by atoms with Crippen molar-refractivity contribution in [3.05, 3.63) is 28.3 Å². The van der Waals surface area contributed by atoms with E-state index in [2.05, 4.69) is 10.2 Å². The summed E-state index contributed by atoms with van der Waals surface area (Å²) in [6.45, 7) is 2.91. The highest BCUT2D eigenvalue weighted by Crippen LogP contribution is 2.39. The molecule has 1 aromatic heterocycles. The molecule has 8 nitrogen and oxygen atoms in total. The van der Waals surface area contributed by atoms with Gasteiger partial charge in [0.15, 0.2) is 8.68 Å². The van der Waals surface area contributed by atoms with Crippen molar-refractivity contribution in [2.45, 2.75) is 51.1 Å². The van der Waals surface area contributed by atoms with Gasteiger partial charge in [0.1, 0.15) is 0 Å². The van der Waals surface area contributed by atoms with E-state index >= 15 is 0 Å². The Morgan fingerprint density at radius 2 is 1.86 bits per heavy atom. The number of sulfonamides is 1. The second-order valence-corrected chi connectivity index (χ2v) is 11.8. The summed E-state index contributed by atoms with van der Waals surface area (Å²) in [5.41, 5.74) is -0.235. The van der Waals surface area contributed by atoms with Gasteiger partial charge in [0.25, 0.3) is 5.69 Å². The third-order valence-corrected chi connectivity index (χ3v) is 9.13. The molecule has 0 amide bonds. The maximum Gasteiger partial charge on any atom is 0.284 e. The standard InChI is InChI=1S/C16H20N4O4S4/c1-2-25-15-17-18-16(27-15)26-14-8-7-12(11-13(14)20(21)22)28(23,24)19-9-5-3-4-6-10-19/h7-8,11H,2-6,9-10H2,1H3. The van der Waals surface area contributed by atoms with Gasteiger partial charge >= 0.3 is 0 Å². The summed E-state index contributed by atoms with van der Waals surface area (Å²) in [7, 11) is -3.74. The topological polar surface area (TPSA) is 106 Å². The summed E-state index contributed by atoms with van der Waals surface area (Å²) in [4.78, 5) is 11.3. The summed E-state index contributed by atoms with van der Waals surface area (Å²) < 4.78 is 28.7. The van der Waals surface area contributed by atoms with Crippen LogP contribution in [0.5, 0.6) is 0 Å². The molecule has 1 aliphatic rings. The van der Waals surface area contributed by atoms with Crippen molar-refractivity contribution in [3.63, 3.8) is 0 Å². The fourth-order valence-electron chi connectivity index (χ4n) is 2.83. The van der Waals surface area contributed by atoms with E-state index in [1.165, 1.54) is 27.8 Å². The van der Waals surface area contributed by atoms with Crippen LogP contribution < -0.4 is 0 Å². The van der Waals surface area contributed by atoms with Gasteiger partial charge in [-0.05, 0) is 30.7 Å². The van der Waals surface area contributed by atoms with Crippen LogP contribution in [0.3, 0.4) is 0 Å². The number of benzene rings is 1. The number of aromatic nitrogens is 2. The minimum absolute atomic E-state index is 0.0371. The molecule has 0 N–H and O–H groups in total. The highest BCUT2D eigenvalue weighted by molar-refractivity contribution is 8.03. The molecule has 0 spiro atoms. The monoisotopic (exact) mass is 460 g/mol. The number of thioether (sulfide) groups is 1. The molecule has 0 aliphatic carbocycles. The van der Waals surface area contributed by atoms with E-state index in [1.54, 1.807) is 11.8 Å². The van der Waals surface area contributed by atoms with Gasteiger partial charge in [-0.2, -0.15) is 4.31 Å². The second-order valence-electron chi connectivity index (χ2n) is 6.07. The second kappa shape index (κ2) is 9.53. The Kier molecular flexibility index (Phi) is 7.31. The van der Waals surface area contributed by atoms with Gasteiger partial charge in [0.2, 0.25) is 10.0 Å². The smallest absolute Gasteiger partial charge is 0.258 e. The molecule has 12 heteroatoms. The Balaban J connectivity index is 1.88. The lowest BCUT2D eigenvalue weighted by atomic mass is 10.2. The molecule has 1 saturated heterocycles. The summed E-state index contributed by atoms with van der Waals surface area (Å²) in [5.74, 6) is 0.864. The number of nitrogens with zero attached hydrogens (tertiary/aromatic N) is 4. The molecule has 1 fully saturated rings. The zero-order valence-electron chi connectivity index (χ0n) is 15.2. The van der Waals surface area contributed by atoms with Crippen LogP contribution in [-0.4, -0.2) is 46.7 Å². The van der Waals surface area contributed by atoms with E-state index in [-0.39, 0.29) is 10.6 Å². The van der Waals surface area contributed by atoms with Crippen molar-refractivity contribution in [2.75, 3.05) is 18.8 Å². The van der Waals surface area contributed by atoms with E-state index in [9.17, 15) is 18.5 Å². The van der Waals surface area contributed by atoms with Crippen LogP contribution in [0.2, 0.25) is 0 Å². The number of rotatable bonds is 7. The first-order valence-corrected chi connectivity index (χ1v) is 12.9. The average Bonchev–Trinajstić information content (AvgIpc) is 2.92. The van der Waals surface area contributed by atoms with Crippen LogP contribution in [0.4, 0.5) is 5.69 Å². The molecule has 3 rings (SSSR count). The molecule has 0 saturated carbocycles. The maximum atomic E-state index is 12.9. The van der Waals surface area contributed by atoms with Gasteiger partial charge in [0.05, 0.1) is 14.7 Å². The van der Waals surface area contributed by atoms with Crippen molar-refractivity contribution >= 4 is 50.6 Å². The van der Waals surface area contributed by atoms with Crippen LogP contribution in [-0.2, 0) is 10.0 Å². The molecule has 0 atom stereocenters.